The number of allylic oxidation sites excluding steroid dienone is 2. The summed E-state index contributed by atoms with van der Waals surface area (Å²) in [6.45, 7) is 1.99. The van der Waals surface area contributed by atoms with Gasteiger partial charge in [0.1, 0.15) is 0 Å². The smallest absolute Gasteiger partial charge is 0.0682 e. The molecular weight excluding hydrogens is 110 g/mol. The molecule has 1 radical (unpaired) electrons. The Morgan fingerprint density at radius 1 is 1.44 bits per heavy atom. The van der Waals surface area contributed by atoms with Gasteiger partial charge in [0.2, 0.25) is 0 Å². The van der Waals surface area contributed by atoms with Crippen molar-refractivity contribution in [2.75, 3.05) is 0 Å². The lowest BCUT2D eigenvalue weighted by atomic mass is 10.1. The summed E-state index contributed by atoms with van der Waals surface area (Å²) in [5.74, 6) is 0.889. The van der Waals surface area contributed by atoms with Gasteiger partial charge in [-0.1, -0.05) is 6.08 Å². The average molecular weight is 120 g/mol. The summed E-state index contributed by atoms with van der Waals surface area (Å²) in [4.78, 5) is 0. The average Bonchev–Trinajstić information content (AvgIpc) is 2.71. The lowest BCUT2D eigenvalue weighted by Gasteiger charge is -2.04. The first kappa shape index (κ1) is 5.10. The number of hydrogen-bond acceptors (Lipinski definition) is 1. The van der Waals surface area contributed by atoms with Crippen LogP contribution in [0.5, 0.6) is 0 Å². The third-order valence-electron chi connectivity index (χ3n) is 1.79. The molecule has 1 aliphatic heterocycles. The largest absolute Gasteiger partial charge is 0.382 e. The highest BCUT2D eigenvalue weighted by Gasteiger charge is 2.24. The summed E-state index contributed by atoms with van der Waals surface area (Å²) in [6, 6.07) is 0. The van der Waals surface area contributed by atoms with Gasteiger partial charge in [0.25, 0.3) is 0 Å². The van der Waals surface area contributed by atoms with Crippen molar-refractivity contribution in [3.8, 4) is 0 Å². The van der Waals surface area contributed by atoms with Crippen LogP contribution in [0.2, 0.25) is 0 Å². The van der Waals surface area contributed by atoms with Crippen LogP contribution in [0.3, 0.4) is 0 Å². The first-order valence-corrected chi connectivity index (χ1v) is 3.43. The summed E-state index contributed by atoms with van der Waals surface area (Å²) >= 11 is 0. The van der Waals surface area contributed by atoms with E-state index in [1.807, 2.05) is 12.7 Å². The molecule has 1 fully saturated rings. The normalized spacial score (nSPS) is 25.1. The van der Waals surface area contributed by atoms with Gasteiger partial charge in [-0.3, -0.25) is 0 Å². The maximum absolute atomic E-state index is 3.02. The van der Waals surface area contributed by atoms with Gasteiger partial charge >= 0.3 is 0 Å². The number of dihydropyridines is 1. The van der Waals surface area contributed by atoms with E-state index in [4.69, 9.17) is 0 Å². The fraction of sp³-hybridized carbons (Fsp3) is 0.375. The van der Waals surface area contributed by atoms with Crippen molar-refractivity contribution < 1.29 is 0 Å². The molecule has 0 aromatic carbocycles. The van der Waals surface area contributed by atoms with E-state index in [1.54, 1.807) is 0 Å². The second-order valence-electron chi connectivity index (χ2n) is 2.61. The van der Waals surface area contributed by atoms with E-state index < -0.39 is 0 Å². The maximum atomic E-state index is 3.02. The lowest BCUT2D eigenvalue weighted by Crippen LogP contribution is -2.03. The summed E-state index contributed by atoms with van der Waals surface area (Å²) in [5, 5.41) is 3.02. The van der Waals surface area contributed by atoms with Gasteiger partial charge in [-0.05, 0) is 36.6 Å². The molecule has 0 saturated heterocycles. The Labute approximate surface area is 55.5 Å². The Bertz CT molecular complexity index is 163. The Kier molecular flexibility index (Phi) is 1.08. The zero-order chi connectivity index (χ0) is 6.10. The molecule has 1 heteroatoms. The molecule has 1 saturated carbocycles. The van der Waals surface area contributed by atoms with Crippen molar-refractivity contribution in [1.29, 1.82) is 0 Å². The zero-order valence-corrected chi connectivity index (χ0v) is 5.30. The molecule has 0 aromatic heterocycles. The fourth-order valence-corrected chi connectivity index (χ4v) is 1.09. The van der Waals surface area contributed by atoms with Gasteiger partial charge < -0.3 is 5.32 Å². The highest BCUT2D eigenvalue weighted by atomic mass is 14.8. The second kappa shape index (κ2) is 1.90. The van der Waals surface area contributed by atoms with Gasteiger partial charge in [0, 0.05) is 0 Å². The Hall–Kier alpha value is -0.720. The van der Waals surface area contributed by atoms with Crippen molar-refractivity contribution in [1.82, 2.24) is 5.32 Å². The summed E-state index contributed by atoms with van der Waals surface area (Å²) in [7, 11) is 0. The van der Waals surface area contributed by atoms with Crippen molar-refractivity contribution in [2.24, 2.45) is 5.92 Å². The van der Waals surface area contributed by atoms with Crippen molar-refractivity contribution >= 4 is 0 Å². The van der Waals surface area contributed by atoms with Gasteiger partial charge in [0.05, 0.1) is 6.54 Å². The van der Waals surface area contributed by atoms with Gasteiger partial charge in [-0.25, -0.2) is 0 Å². The molecular formula is C8H10N. The highest BCUT2D eigenvalue weighted by Crippen LogP contribution is 2.37. The summed E-state index contributed by atoms with van der Waals surface area (Å²) in [5.41, 5.74) is 1.49. The Morgan fingerprint density at radius 2 is 2.33 bits per heavy atom. The van der Waals surface area contributed by atoms with Gasteiger partial charge in [0.15, 0.2) is 0 Å². The maximum Gasteiger partial charge on any atom is 0.0682 e. The molecule has 1 heterocycles. The highest BCUT2D eigenvalue weighted by molar-refractivity contribution is 5.30. The molecule has 0 spiro atoms. The fourth-order valence-electron chi connectivity index (χ4n) is 1.09. The number of hydrogen-bond donors (Lipinski definition) is 1. The van der Waals surface area contributed by atoms with Crippen LogP contribution >= 0.6 is 0 Å². The van der Waals surface area contributed by atoms with Crippen LogP contribution in [0.1, 0.15) is 12.8 Å². The monoisotopic (exact) mass is 120 g/mol. The van der Waals surface area contributed by atoms with E-state index in [9.17, 15) is 0 Å². The van der Waals surface area contributed by atoms with Crippen LogP contribution in [0.4, 0.5) is 0 Å². The van der Waals surface area contributed by atoms with E-state index in [0.29, 0.717) is 0 Å². The lowest BCUT2D eigenvalue weighted by molar-refractivity contribution is 0.986. The van der Waals surface area contributed by atoms with Gasteiger partial charge in [-0.2, -0.15) is 0 Å². The van der Waals surface area contributed by atoms with Crippen LogP contribution in [0.15, 0.2) is 23.9 Å². The molecule has 0 unspecified atom stereocenters. The molecule has 1 nitrogen and oxygen atoms in total. The van der Waals surface area contributed by atoms with Crippen LogP contribution in [0, 0.1) is 12.5 Å². The molecule has 1 N–H and O–H groups in total. The van der Waals surface area contributed by atoms with Gasteiger partial charge in [-0.15, -0.1) is 0 Å². The SMILES string of the molecule is [CH]1C=C(C2CC2)C=CN1. The van der Waals surface area contributed by atoms with Crippen LogP contribution in [0.25, 0.3) is 0 Å². The van der Waals surface area contributed by atoms with E-state index in [1.165, 1.54) is 18.4 Å². The van der Waals surface area contributed by atoms with E-state index in [-0.39, 0.29) is 0 Å². The quantitative estimate of drug-likeness (QED) is 0.554. The predicted molar refractivity (Wildman–Crippen MR) is 37.4 cm³/mol. The van der Waals surface area contributed by atoms with Crippen LogP contribution in [-0.4, -0.2) is 0 Å². The molecule has 0 atom stereocenters. The van der Waals surface area contributed by atoms with E-state index >= 15 is 0 Å². The molecule has 9 heavy (non-hydrogen) atoms. The minimum atomic E-state index is 0.889. The molecule has 2 aliphatic rings. The van der Waals surface area contributed by atoms with Crippen molar-refractivity contribution in [3.05, 3.63) is 30.5 Å². The van der Waals surface area contributed by atoms with E-state index in [2.05, 4.69) is 17.5 Å². The predicted octanol–water partition coefficient (Wildman–Crippen LogP) is 1.60. The minimum absolute atomic E-state index is 0.889. The molecule has 1 aliphatic carbocycles. The summed E-state index contributed by atoms with van der Waals surface area (Å²) < 4.78 is 0. The van der Waals surface area contributed by atoms with Crippen LogP contribution in [-0.2, 0) is 0 Å². The molecule has 0 aromatic rings. The minimum Gasteiger partial charge on any atom is -0.382 e. The topological polar surface area (TPSA) is 12.0 Å². The zero-order valence-electron chi connectivity index (χ0n) is 5.30. The third kappa shape index (κ3) is 0.995. The van der Waals surface area contributed by atoms with Crippen molar-refractivity contribution in [2.45, 2.75) is 12.8 Å². The van der Waals surface area contributed by atoms with Crippen molar-refractivity contribution in [3.63, 3.8) is 0 Å². The summed E-state index contributed by atoms with van der Waals surface area (Å²) in [6.07, 6.45) is 9.11. The standard InChI is InChI=1S/C8H10N/c1-2-7(1)8-3-5-9-6-4-8/h3-7,9H,1-2H2. The Morgan fingerprint density at radius 3 is 2.89 bits per heavy atom. The molecule has 47 valence electrons. The molecule has 2 rings (SSSR count). The van der Waals surface area contributed by atoms with E-state index in [0.717, 1.165) is 5.92 Å². The number of nitrogens with one attached hydrogen (secondary N) is 1. The molecule has 0 bridgehead atoms. The Balaban J connectivity index is 2.08. The second-order valence-corrected chi connectivity index (χ2v) is 2.61. The first-order chi connectivity index (χ1) is 4.47. The third-order valence-corrected chi connectivity index (χ3v) is 1.79. The van der Waals surface area contributed by atoms with Crippen LogP contribution < -0.4 is 5.32 Å². The molecule has 0 amide bonds. The first-order valence-electron chi connectivity index (χ1n) is 3.43. The number of rotatable bonds is 1.